The molecule has 1 heterocycles. The highest BCUT2D eigenvalue weighted by Crippen LogP contribution is 2.22. The maximum Gasteiger partial charge on any atom is 0.180 e. The van der Waals surface area contributed by atoms with Gasteiger partial charge in [0.25, 0.3) is 0 Å². The second-order valence-corrected chi connectivity index (χ2v) is 7.26. The van der Waals surface area contributed by atoms with Crippen LogP contribution in [-0.2, 0) is 16.4 Å². The molecule has 6 heteroatoms. The topological polar surface area (TPSA) is 59.1 Å². The van der Waals surface area contributed by atoms with Crippen molar-refractivity contribution in [3.63, 3.8) is 0 Å². The molecule has 0 aliphatic rings. The molecule has 1 N–H and O–H groups in total. The second kappa shape index (κ2) is 6.37. The predicted molar refractivity (Wildman–Crippen MR) is 83.4 cm³/mol. The molecule has 2 rings (SSSR count). The Morgan fingerprint density at radius 2 is 1.90 bits per heavy atom. The fraction of sp³-hybridized carbons (Fsp3) is 0.214. The SMILES string of the molecule is CCS(=O)(=O)c1ccccc1NCc1cccc(Br)n1. The van der Waals surface area contributed by atoms with E-state index in [0.29, 0.717) is 17.1 Å². The Hall–Kier alpha value is -1.40. The zero-order valence-electron chi connectivity index (χ0n) is 11.0. The summed E-state index contributed by atoms with van der Waals surface area (Å²) in [4.78, 5) is 4.64. The first-order valence-electron chi connectivity index (χ1n) is 6.20. The maximum absolute atomic E-state index is 12.0. The van der Waals surface area contributed by atoms with Gasteiger partial charge in [0.15, 0.2) is 9.84 Å². The molecule has 0 aliphatic heterocycles. The van der Waals surface area contributed by atoms with Gasteiger partial charge in [-0.2, -0.15) is 0 Å². The van der Waals surface area contributed by atoms with Gasteiger partial charge < -0.3 is 5.32 Å². The number of rotatable bonds is 5. The van der Waals surface area contributed by atoms with Crippen molar-refractivity contribution in [3.05, 3.63) is 52.8 Å². The standard InChI is InChI=1S/C14H15BrN2O2S/c1-2-20(18,19)13-8-4-3-7-12(13)16-10-11-6-5-9-14(15)17-11/h3-9,16H,2,10H2,1H3. The number of hydrogen-bond donors (Lipinski definition) is 1. The van der Waals surface area contributed by atoms with Crippen molar-refractivity contribution < 1.29 is 8.42 Å². The monoisotopic (exact) mass is 354 g/mol. The lowest BCUT2D eigenvalue weighted by Crippen LogP contribution is -2.09. The van der Waals surface area contributed by atoms with Gasteiger partial charge in [0.2, 0.25) is 0 Å². The molecule has 0 radical (unpaired) electrons. The van der Waals surface area contributed by atoms with Gasteiger partial charge in [-0.25, -0.2) is 13.4 Å². The Labute approximate surface area is 127 Å². The molecular weight excluding hydrogens is 340 g/mol. The minimum atomic E-state index is -3.23. The van der Waals surface area contributed by atoms with Gasteiger partial charge in [-0.1, -0.05) is 25.1 Å². The van der Waals surface area contributed by atoms with E-state index in [0.717, 1.165) is 10.3 Å². The first kappa shape index (κ1) is 15.0. The van der Waals surface area contributed by atoms with Crippen molar-refractivity contribution in [3.8, 4) is 0 Å². The molecule has 4 nitrogen and oxygen atoms in total. The number of halogens is 1. The average molecular weight is 355 g/mol. The summed E-state index contributed by atoms with van der Waals surface area (Å²) in [5.41, 5.74) is 1.44. The highest BCUT2D eigenvalue weighted by Gasteiger charge is 2.15. The van der Waals surface area contributed by atoms with Crippen LogP contribution in [0.4, 0.5) is 5.69 Å². The third-order valence-corrected chi connectivity index (χ3v) is 5.06. The third kappa shape index (κ3) is 3.58. The van der Waals surface area contributed by atoms with Crippen molar-refractivity contribution in [2.75, 3.05) is 11.1 Å². The summed E-state index contributed by atoms with van der Waals surface area (Å²) in [6.45, 7) is 2.11. The Kier molecular flexibility index (Phi) is 4.77. The Bertz CT molecular complexity index is 702. The molecule has 0 saturated heterocycles. The predicted octanol–water partition coefficient (Wildman–Crippen LogP) is 3.25. The molecule has 0 unspecified atom stereocenters. The van der Waals surface area contributed by atoms with E-state index >= 15 is 0 Å². The average Bonchev–Trinajstić information content (AvgIpc) is 2.45. The van der Waals surface area contributed by atoms with Crippen LogP contribution in [0, 0.1) is 0 Å². The number of aromatic nitrogens is 1. The molecule has 0 atom stereocenters. The summed E-state index contributed by atoms with van der Waals surface area (Å²) in [6.07, 6.45) is 0. The smallest absolute Gasteiger partial charge is 0.180 e. The van der Waals surface area contributed by atoms with Crippen LogP contribution in [-0.4, -0.2) is 19.2 Å². The lowest BCUT2D eigenvalue weighted by Gasteiger charge is -2.11. The lowest BCUT2D eigenvalue weighted by molar-refractivity contribution is 0.597. The van der Waals surface area contributed by atoms with Gasteiger partial charge in [-0.15, -0.1) is 0 Å². The number of hydrogen-bond acceptors (Lipinski definition) is 4. The normalized spacial score (nSPS) is 11.3. The van der Waals surface area contributed by atoms with Crippen LogP contribution in [0.5, 0.6) is 0 Å². The van der Waals surface area contributed by atoms with Gasteiger partial charge in [-0.3, -0.25) is 0 Å². The summed E-state index contributed by atoms with van der Waals surface area (Å²) in [5.74, 6) is 0.0842. The van der Waals surface area contributed by atoms with Gasteiger partial charge in [0, 0.05) is 0 Å². The van der Waals surface area contributed by atoms with Crippen LogP contribution in [0.3, 0.4) is 0 Å². The Morgan fingerprint density at radius 3 is 2.60 bits per heavy atom. The van der Waals surface area contributed by atoms with Gasteiger partial charge in [0.05, 0.1) is 28.6 Å². The Morgan fingerprint density at radius 1 is 1.15 bits per heavy atom. The molecule has 0 aliphatic carbocycles. The summed E-state index contributed by atoms with van der Waals surface area (Å²) in [5, 5.41) is 3.13. The quantitative estimate of drug-likeness (QED) is 0.837. The van der Waals surface area contributed by atoms with Crippen LogP contribution in [0.1, 0.15) is 12.6 Å². The van der Waals surface area contributed by atoms with E-state index in [1.807, 2.05) is 24.3 Å². The molecule has 20 heavy (non-hydrogen) atoms. The third-order valence-electron chi connectivity index (χ3n) is 2.83. The fourth-order valence-corrected chi connectivity index (χ4v) is 3.23. The molecule has 0 spiro atoms. The molecular formula is C14H15BrN2O2S. The summed E-state index contributed by atoms with van der Waals surface area (Å²) < 4.78 is 24.8. The summed E-state index contributed by atoms with van der Waals surface area (Å²) in [6, 6.07) is 12.5. The van der Waals surface area contributed by atoms with Crippen LogP contribution >= 0.6 is 15.9 Å². The van der Waals surface area contributed by atoms with Crippen LogP contribution in [0.2, 0.25) is 0 Å². The van der Waals surface area contributed by atoms with E-state index in [4.69, 9.17) is 0 Å². The molecule has 1 aromatic heterocycles. The van der Waals surface area contributed by atoms with Crippen molar-refractivity contribution >= 4 is 31.5 Å². The zero-order chi connectivity index (χ0) is 14.6. The van der Waals surface area contributed by atoms with E-state index in [1.165, 1.54) is 0 Å². The number of anilines is 1. The number of nitrogens with zero attached hydrogens (tertiary/aromatic N) is 1. The van der Waals surface area contributed by atoms with E-state index in [9.17, 15) is 8.42 Å². The highest BCUT2D eigenvalue weighted by molar-refractivity contribution is 9.10. The minimum Gasteiger partial charge on any atom is -0.378 e. The van der Waals surface area contributed by atoms with Crippen molar-refractivity contribution in [1.82, 2.24) is 4.98 Å². The van der Waals surface area contributed by atoms with E-state index in [-0.39, 0.29) is 5.75 Å². The molecule has 2 aromatic rings. The van der Waals surface area contributed by atoms with Crippen LogP contribution in [0.25, 0.3) is 0 Å². The van der Waals surface area contributed by atoms with Crippen molar-refractivity contribution in [2.45, 2.75) is 18.4 Å². The Balaban J connectivity index is 2.22. The fourth-order valence-electron chi connectivity index (χ4n) is 1.77. The van der Waals surface area contributed by atoms with E-state index < -0.39 is 9.84 Å². The molecule has 0 amide bonds. The number of nitrogens with one attached hydrogen (secondary N) is 1. The summed E-state index contributed by atoms with van der Waals surface area (Å²) in [7, 11) is -3.23. The van der Waals surface area contributed by atoms with Crippen LogP contribution in [0.15, 0.2) is 52.0 Å². The van der Waals surface area contributed by atoms with E-state index in [1.54, 1.807) is 25.1 Å². The number of benzene rings is 1. The molecule has 0 fully saturated rings. The van der Waals surface area contributed by atoms with Crippen molar-refractivity contribution in [1.29, 1.82) is 0 Å². The van der Waals surface area contributed by atoms with Crippen LogP contribution < -0.4 is 5.32 Å². The molecule has 0 bridgehead atoms. The number of sulfone groups is 1. The summed E-state index contributed by atoms with van der Waals surface area (Å²) >= 11 is 3.31. The molecule has 0 saturated carbocycles. The second-order valence-electron chi connectivity index (χ2n) is 4.20. The largest absolute Gasteiger partial charge is 0.378 e. The zero-order valence-corrected chi connectivity index (χ0v) is 13.4. The first-order chi connectivity index (χ1) is 9.53. The molecule has 106 valence electrons. The maximum atomic E-state index is 12.0. The molecule has 1 aromatic carbocycles. The van der Waals surface area contributed by atoms with Gasteiger partial charge in [-0.05, 0) is 40.2 Å². The first-order valence-corrected chi connectivity index (χ1v) is 8.64. The highest BCUT2D eigenvalue weighted by atomic mass is 79.9. The van der Waals surface area contributed by atoms with Gasteiger partial charge >= 0.3 is 0 Å². The number of pyridine rings is 1. The number of para-hydroxylation sites is 1. The van der Waals surface area contributed by atoms with Crippen molar-refractivity contribution in [2.24, 2.45) is 0 Å². The minimum absolute atomic E-state index is 0.0842. The van der Waals surface area contributed by atoms with E-state index in [2.05, 4.69) is 26.2 Å². The van der Waals surface area contributed by atoms with Gasteiger partial charge in [0.1, 0.15) is 4.60 Å². The lowest BCUT2D eigenvalue weighted by atomic mass is 10.3.